The molecule has 116 valence electrons. The van der Waals surface area contributed by atoms with Gasteiger partial charge in [0.1, 0.15) is 6.10 Å². The molecule has 1 aliphatic heterocycles. The highest BCUT2D eigenvalue weighted by atomic mass is 35.5. The first-order valence-corrected chi connectivity index (χ1v) is 7.67. The van der Waals surface area contributed by atoms with E-state index >= 15 is 0 Å². The molecule has 2 rings (SSSR count). The maximum Gasteiger partial charge on any atom is 0.407 e. The fourth-order valence-electron chi connectivity index (χ4n) is 3.15. The summed E-state index contributed by atoms with van der Waals surface area (Å²) in [5.74, 6) is 0. The fraction of sp³-hybridized carbons (Fsp3) is 0.571. The molecule has 7 heteroatoms. The zero-order chi connectivity index (χ0) is 15.6. The molecule has 0 bridgehead atoms. The summed E-state index contributed by atoms with van der Waals surface area (Å²) in [5.41, 5.74) is -0.490. The van der Waals surface area contributed by atoms with E-state index < -0.39 is 17.7 Å². The van der Waals surface area contributed by atoms with E-state index in [0.717, 1.165) is 12.8 Å². The summed E-state index contributed by atoms with van der Waals surface area (Å²) >= 11 is 11.8. The van der Waals surface area contributed by atoms with Crippen LogP contribution in [0.2, 0.25) is 10.0 Å². The second kappa shape index (κ2) is 6.38. The minimum Gasteiger partial charge on any atom is -0.465 e. The predicted octanol–water partition coefficient (Wildman–Crippen LogP) is 3.73. The lowest BCUT2D eigenvalue weighted by Gasteiger charge is -2.40. The lowest BCUT2D eigenvalue weighted by Crippen LogP contribution is -2.51. The van der Waals surface area contributed by atoms with Gasteiger partial charge in [-0.15, -0.1) is 0 Å². The van der Waals surface area contributed by atoms with Crippen LogP contribution in [0.4, 0.5) is 4.79 Å². The molecular weight excluding hydrogens is 315 g/mol. The van der Waals surface area contributed by atoms with E-state index in [9.17, 15) is 15.0 Å². The van der Waals surface area contributed by atoms with E-state index in [4.69, 9.17) is 23.2 Å². The second-order valence-corrected chi connectivity index (χ2v) is 6.13. The predicted molar refractivity (Wildman–Crippen MR) is 80.8 cm³/mol. The summed E-state index contributed by atoms with van der Waals surface area (Å²) in [4.78, 5) is 17.0. The lowest BCUT2D eigenvalue weighted by atomic mass is 9.83. The van der Waals surface area contributed by atoms with Gasteiger partial charge in [-0.05, 0) is 25.3 Å². The van der Waals surface area contributed by atoms with E-state index in [0.29, 0.717) is 35.1 Å². The van der Waals surface area contributed by atoms with Crippen molar-refractivity contribution in [3.63, 3.8) is 0 Å². The summed E-state index contributed by atoms with van der Waals surface area (Å²) in [6, 6.07) is 1.50. The van der Waals surface area contributed by atoms with Crippen LogP contribution in [0.3, 0.4) is 0 Å². The number of pyridine rings is 1. The Morgan fingerprint density at radius 3 is 2.81 bits per heavy atom. The van der Waals surface area contributed by atoms with Crippen molar-refractivity contribution >= 4 is 29.3 Å². The molecule has 21 heavy (non-hydrogen) atoms. The molecule has 1 amide bonds. The summed E-state index contributed by atoms with van der Waals surface area (Å²) in [5, 5.41) is 20.8. The van der Waals surface area contributed by atoms with E-state index in [-0.39, 0.29) is 0 Å². The van der Waals surface area contributed by atoms with Crippen molar-refractivity contribution < 1.29 is 15.0 Å². The largest absolute Gasteiger partial charge is 0.465 e. The van der Waals surface area contributed by atoms with Gasteiger partial charge in [-0.2, -0.15) is 0 Å². The van der Waals surface area contributed by atoms with Crippen LogP contribution in [-0.4, -0.2) is 38.3 Å². The molecule has 0 aliphatic carbocycles. The van der Waals surface area contributed by atoms with Gasteiger partial charge in [-0.25, -0.2) is 4.79 Å². The van der Waals surface area contributed by atoms with Crippen molar-refractivity contribution in [1.29, 1.82) is 0 Å². The molecule has 0 radical (unpaired) electrons. The molecule has 0 aromatic carbocycles. The maximum atomic E-state index is 11.5. The SMILES string of the molecule is CCCC1(C(O)c2cc(Cl)c(Cl)cn2)CCCN1C(=O)O. The zero-order valence-corrected chi connectivity index (χ0v) is 13.2. The summed E-state index contributed by atoms with van der Waals surface area (Å²) in [7, 11) is 0. The Hall–Kier alpha value is -1.04. The van der Waals surface area contributed by atoms with Gasteiger partial charge in [0, 0.05) is 12.7 Å². The Morgan fingerprint density at radius 2 is 2.24 bits per heavy atom. The number of rotatable bonds is 4. The van der Waals surface area contributed by atoms with Gasteiger partial charge in [-0.1, -0.05) is 36.5 Å². The van der Waals surface area contributed by atoms with Crippen LogP contribution >= 0.6 is 23.2 Å². The lowest BCUT2D eigenvalue weighted by molar-refractivity contribution is -0.0105. The van der Waals surface area contributed by atoms with Gasteiger partial charge < -0.3 is 10.2 Å². The Balaban J connectivity index is 2.41. The van der Waals surface area contributed by atoms with Crippen LogP contribution in [0.25, 0.3) is 0 Å². The van der Waals surface area contributed by atoms with Crippen molar-refractivity contribution in [2.45, 2.75) is 44.2 Å². The Kier molecular flexibility index (Phi) is 4.96. The third kappa shape index (κ3) is 2.96. The highest BCUT2D eigenvalue weighted by Crippen LogP contribution is 2.43. The van der Waals surface area contributed by atoms with Crippen molar-refractivity contribution in [2.24, 2.45) is 0 Å². The first-order valence-electron chi connectivity index (χ1n) is 6.92. The zero-order valence-electron chi connectivity index (χ0n) is 11.7. The van der Waals surface area contributed by atoms with Crippen LogP contribution in [-0.2, 0) is 0 Å². The highest BCUT2D eigenvalue weighted by molar-refractivity contribution is 6.41. The van der Waals surface area contributed by atoms with Crippen LogP contribution in [0, 0.1) is 0 Å². The van der Waals surface area contributed by atoms with E-state index in [1.807, 2.05) is 6.92 Å². The molecule has 0 spiro atoms. The van der Waals surface area contributed by atoms with Crippen LogP contribution in [0.15, 0.2) is 12.3 Å². The number of likely N-dealkylation sites (tertiary alicyclic amines) is 1. The maximum absolute atomic E-state index is 11.5. The first-order chi connectivity index (χ1) is 9.92. The molecular formula is C14H18Cl2N2O3. The molecule has 1 aromatic heterocycles. The van der Waals surface area contributed by atoms with Gasteiger partial charge in [0.15, 0.2) is 0 Å². The molecule has 2 unspecified atom stereocenters. The van der Waals surface area contributed by atoms with Crippen molar-refractivity contribution in [3.05, 3.63) is 28.0 Å². The first kappa shape index (κ1) is 16.3. The van der Waals surface area contributed by atoms with Crippen molar-refractivity contribution in [2.75, 3.05) is 6.54 Å². The Morgan fingerprint density at radius 1 is 1.52 bits per heavy atom. The molecule has 2 N–H and O–H groups in total. The van der Waals surface area contributed by atoms with E-state index in [1.54, 1.807) is 0 Å². The van der Waals surface area contributed by atoms with Gasteiger partial charge >= 0.3 is 6.09 Å². The topological polar surface area (TPSA) is 73.7 Å². The molecule has 0 saturated carbocycles. The van der Waals surface area contributed by atoms with Crippen molar-refractivity contribution in [3.8, 4) is 0 Å². The summed E-state index contributed by atoms with van der Waals surface area (Å²) in [6.07, 6.45) is 2.01. The van der Waals surface area contributed by atoms with Gasteiger partial charge in [-0.3, -0.25) is 9.88 Å². The number of aliphatic hydroxyl groups is 1. The molecule has 2 atom stereocenters. The molecule has 5 nitrogen and oxygen atoms in total. The molecule has 1 saturated heterocycles. The summed E-state index contributed by atoms with van der Waals surface area (Å²) in [6.45, 7) is 2.39. The number of amides is 1. The number of carboxylic acid groups (broad SMARTS) is 1. The van der Waals surface area contributed by atoms with Crippen LogP contribution in [0.5, 0.6) is 0 Å². The van der Waals surface area contributed by atoms with Crippen molar-refractivity contribution in [1.82, 2.24) is 9.88 Å². The molecule has 1 fully saturated rings. The van der Waals surface area contributed by atoms with E-state index in [2.05, 4.69) is 4.98 Å². The fourth-order valence-corrected chi connectivity index (χ4v) is 3.42. The number of aliphatic hydroxyl groups excluding tert-OH is 1. The average Bonchev–Trinajstić information content (AvgIpc) is 2.86. The van der Waals surface area contributed by atoms with Crippen LogP contribution < -0.4 is 0 Å². The Bertz CT molecular complexity index is 541. The number of aromatic nitrogens is 1. The number of hydrogen-bond donors (Lipinski definition) is 2. The Labute approximate surface area is 133 Å². The van der Waals surface area contributed by atoms with Gasteiger partial charge in [0.2, 0.25) is 0 Å². The molecule has 1 aliphatic rings. The quantitative estimate of drug-likeness (QED) is 0.880. The highest BCUT2D eigenvalue weighted by Gasteiger charge is 2.49. The normalized spacial score (nSPS) is 23.3. The van der Waals surface area contributed by atoms with E-state index in [1.165, 1.54) is 17.2 Å². The summed E-state index contributed by atoms with van der Waals surface area (Å²) < 4.78 is 0. The minimum absolute atomic E-state index is 0.298. The minimum atomic E-state index is -1.02. The average molecular weight is 333 g/mol. The standard InChI is InChI=1S/C14H18Cl2N2O3/c1-2-4-14(5-3-6-18(14)13(20)21)12(19)11-7-9(15)10(16)8-17-11/h7-8,12,19H,2-6H2,1H3,(H,20,21). The van der Waals surface area contributed by atoms with Gasteiger partial charge in [0.25, 0.3) is 0 Å². The number of hydrogen-bond acceptors (Lipinski definition) is 3. The second-order valence-electron chi connectivity index (χ2n) is 5.32. The molecule has 2 heterocycles. The number of halogens is 2. The number of carbonyl (C=O) groups is 1. The van der Waals surface area contributed by atoms with Crippen LogP contribution in [0.1, 0.15) is 44.4 Å². The van der Waals surface area contributed by atoms with Gasteiger partial charge in [0.05, 0.1) is 21.3 Å². The third-order valence-corrected chi connectivity index (χ3v) is 4.77. The molecule has 1 aromatic rings. The smallest absolute Gasteiger partial charge is 0.407 e. The third-order valence-electron chi connectivity index (χ3n) is 4.06. The monoisotopic (exact) mass is 332 g/mol. The number of nitrogens with zero attached hydrogens (tertiary/aromatic N) is 2.